The molecule has 25 heavy (non-hydrogen) atoms. The van der Waals surface area contributed by atoms with E-state index in [0.717, 1.165) is 37.0 Å². The number of anilines is 1. The third kappa shape index (κ3) is 3.02. The summed E-state index contributed by atoms with van der Waals surface area (Å²) >= 11 is 6.18. The summed E-state index contributed by atoms with van der Waals surface area (Å²) in [5.74, 6) is 0.489. The lowest BCUT2D eigenvalue weighted by Gasteiger charge is -2.18. The number of hydrogen-bond donors (Lipinski definition) is 1. The average molecular weight is 360 g/mol. The van der Waals surface area contributed by atoms with Crippen molar-refractivity contribution >= 4 is 29.1 Å². The Balaban J connectivity index is 1.47. The first-order chi connectivity index (χ1) is 12.1. The van der Waals surface area contributed by atoms with E-state index < -0.39 is 0 Å². The summed E-state index contributed by atoms with van der Waals surface area (Å²) < 4.78 is 5.29. The van der Waals surface area contributed by atoms with E-state index in [9.17, 15) is 9.59 Å². The number of benzene rings is 1. The minimum atomic E-state index is -0.272. The highest BCUT2D eigenvalue weighted by Gasteiger charge is 2.34. The molecule has 6 nitrogen and oxygen atoms in total. The van der Waals surface area contributed by atoms with Gasteiger partial charge in [0.15, 0.2) is 5.69 Å². The second-order valence-electron chi connectivity index (χ2n) is 6.47. The molecular formula is C18H18ClN3O3. The van der Waals surface area contributed by atoms with E-state index in [1.807, 2.05) is 12.1 Å². The van der Waals surface area contributed by atoms with Crippen LogP contribution in [-0.2, 0) is 17.6 Å². The predicted octanol–water partition coefficient (Wildman–Crippen LogP) is 2.74. The second-order valence-corrected chi connectivity index (χ2v) is 6.88. The Morgan fingerprint density at radius 3 is 2.92 bits per heavy atom. The molecule has 0 bridgehead atoms. The number of rotatable bonds is 3. The number of carbonyl (C=O) groups is 2. The van der Waals surface area contributed by atoms with Crippen molar-refractivity contribution in [1.82, 2.24) is 10.5 Å². The van der Waals surface area contributed by atoms with Crippen molar-refractivity contribution in [3.8, 4) is 0 Å². The first-order valence-corrected chi connectivity index (χ1v) is 8.84. The van der Waals surface area contributed by atoms with Crippen molar-refractivity contribution in [2.24, 2.45) is 0 Å². The summed E-state index contributed by atoms with van der Waals surface area (Å²) in [7, 11) is 0. The van der Waals surface area contributed by atoms with E-state index in [2.05, 4.69) is 10.5 Å². The molecule has 1 N–H and O–H groups in total. The number of hydrogen-bond acceptors (Lipinski definition) is 4. The fourth-order valence-electron chi connectivity index (χ4n) is 3.52. The molecule has 1 aliphatic heterocycles. The highest BCUT2D eigenvalue weighted by molar-refractivity contribution is 6.33. The van der Waals surface area contributed by atoms with Crippen LogP contribution in [0.4, 0.5) is 5.69 Å². The third-order valence-corrected chi connectivity index (χ3v) is 5.09. The Hall–Kier alpha value is -2.34. The van der Waals surface area contributed by atoms with Gasteiger partial charge >= 0.3 is 0 Å². The summed E-state index contributed by atoms with van der Waals surface area (Å²) in [6.45, 7) is 0.397. The molecule has 1 atom stereocenters. The molecular weight excluding hydrogens is 342 g/mol. The van der Waals surface area contributed by atoms with Gasteiger partial charge in [-0.05, 0) is 31.4 Å². The number of aromatic nitrogens is 1. The largest absolute Gasteiger partial charge is 0.360 e. The normalized spacial score (nSPS) is 19.8. The lowest BCUT2D eigenvalue weighted by Crippen LogP contribution is -2.37. The zero-order valence-electron chi connectivity index (χ0n) is 13.6. The van der Waals surface area contributed by atoms with E-state index >= 15 is 0 Å². The van der Waals surface area contributed by atoms with Gasteiger partial charge in [0.1, 0.15) is 5.76 Å². The highest BCUT2D eigenvalue weighted by Crippen LogP contribution is 2.29. The van der Waals surface area contributed by atoms with Gasteiger partial charge in [0.05, 0.1) is 16.8 Å². The van der Waals surface area contributed by atoms with Crippen LogP contribution in [0.5, 0.6) is 0 Å². The van der Waals surface area contributed by atoms with Crippen LogP contribution in [0, 0.1) is 0 Å². The minimum Gasteiger partial charge on any atom is -0.360 e. The molecule has 0 saturated carbocycles. The summed E-state index contributed by atoms with van der Waals surface area (Å²) in [5.41, 5.74) is 1.94. The van der Waals surface area contributed by atoms with Crippen LogP contribution in [0.2, 0.25) is 5.02 Å². The van der Waals surface area contributed by atoms with Crippen LogP contribution in [0.25, 0.3) is 0 Å². The van der Waals surface area contributed by atoms with Crippen molar-refractivity contribution in [2.75, 3.05) is 11.4 Å². The molecule has 1 saturated heterocycles. The predicted molar refractivity (Wildman–Crippen MR) is 92.8 cm³/mol. The van der Waals surface area contributed by atoms with Gasteiger partial charge in [-0.15, -0.1) is 0 Å². The zero-order valence-corrected chi connectivity index (χ0v) is 14.4. The third-order valence-electron chi connectivity index (χ3n) is 4.77. The zero-order chi connectivity index (χ0) is 17.4. The lowest BCUT2D eigenvalue weighted by molar-refractivity contribution is -0.117. The molecule has 130 valence electrons. The molecule has 0 radical (unpaired) electrons. The number of amides is 2. The molecule has 1 aromatic carbocycles. The van der Waals surface area contributed by atoms with Crippen LogP contribution in [-0.4, -0.2) is 29.6 Å². The van der Waals surface area contributed by atoms with E-state index in [-0.39, 0.29) is 24.3 Å². The molecule has 0 spiro atoms. The molecule has 4 rings (SSSR count). The molecule has 2 aromatic rings. The Labute approximate surface area is 150 Å². The smallest absolute Gasteiger partial charge is 0.274 e. The van der Waals surface area contributed by atoms with Gasteiger partial charge in [0.2, 0.25) is 5.91 Å². The highest BCUT2D eigenvalue weighted by atomic mass is 35.5. The van der Waals surface area contributed by atoms with Crippen LogP contribution in [0.3, 0.4) is 0 Å². The van der Waals surface area contributed by atoms with Crippen LogP contribution in [0.15, 0.2) is 28.8 Å². The van der Waals surface area contributed by atoms with Crippen molar-refractivity contribution in [3.05, 3.63) is 46.3 Å². The fourth-order valence-corrected chi connectivity index (χ4v) is 3.76. The Kier molecular flexibility index (Phi) is 4.21. The number of nitrogens with one attached hydrogen (secondary N) is 1. The number of aryl methyl sites for hydroxylation is 1. The minimum absolute atomic E-state index is 0.0550. The molecule has 1 fully saturated rings. The van der Waals surface area contributed by atoms with Gasteiger partial charge in [-0.1, -0.05) is 28.9 Å². The first kappa shape index (κ1) is 16.1. The molecule has 1 aliphatic carbocycles. The van der Waals surface area contributed by atoms with Crippen molar-refractivity contribution in [1.29, 1.82) is 0 Å². The van der Waals surface area contributed by atoms with Gasteiger partial charge in [0, 0.05) is 24.9 Å². The van der Waals surface area contributed by atoms with Crippen LogP contribution < -0.4 is 10.2 Å². The average Bonchev–Trinajstić information content (AvgIpc) is 3.19. The standard InChI is InChI=1S/C18H18ClN3O3/c19-13-6-2-3-7-14(13)22-10-11(9-16(22)23)20-18(24)17-12-5-1-4-8-15(12)25-21-17/h2-3,6-7,11H,1,4-5,8-10H2,(H,20,24)/t11-/m0/s1. The molecule has 7 heteroatoms. The Morgan fingerprint density at radius 2 is 2.08 bits per heavy atom. The van der Waals surface area contributed by atoms with E-state index in [1.54, 1.807) is 17.0 Å². The van der Waals surface area contributed by atoms with E-state index in [0.29, 0.717) is 22.9 Å². The number of carbonyl (C=O) groups excluding carboxylic acids is 2. The fraction of sp³-hybridized carbons (Fsp3) is 0.389. The summed E-state index contributed by atoms with van der Waals surface area (Å²) in [5, 5.41) is 7.38. The van der Waals surface area contributed by atoms with Crippen LogP contribution in [0.1, 0.15) is 41.1 Å². The van der Waals surface area contributed by atoms with Gasteiger partial charge in [-0.3, -0.25) is 9.59 Å². The number of fused-ring (bicyclic) bond motifs is 1. The van der Waals surface area contributed by atoms with Gasteiger partial charge < -0.3 is 14.7 Å². The molecule has 2 amide bonds. The topological polar surface area (TPSA) is 75.4 Å². The Morgan fingerprint density at radius 1 is 1.28 bits per heavy atom. The molecule has 0 unspecified atom stereocenters. The van der Waals surface area contributed by atoms with E-state index in [1.165, 1.54) is 0 Å². The molecule has 1 aromatic heterocycles. The molecule has 2 heterocycles. The van der Waals surface area contributed by atoms with Crippen LogP contribution >= 0.6 is 11.6 Å². The number of halogens is 1. The van der Waals surface area contributed by atoms with Gasteiger partial charge in [0.25, 0.3) is 5.91 Å². The number of nitrogens with zero attached hydrogens (tertiary/aromatic N) is 2. The quantitative estimate of drug-likeness (QED) is 0.914. The SMILES string of the molecule is O=C(N[C@H]1CC(=O)N(c2ccccc2Cl)C1)c1noc2c1CCCC2. The molecule has 2 aliphatic rings. The van der Waals surface area contributed by atoms with E-state index in [4.69, 9.17) is 16.1 Å². The maximum atomic E-state index is 12.6. The first-order valence-electron chi connectivity index (χ1n) is 8.46. The number of para-hydroxylation sites is 1. The van der Waals surface area contributed by atoms with Gasteiger partial charge in [-0.25, -0.2) is 0 Å². The van der Waals surface area contributed by atoms with Gasteiger partial charge in [-0.2, -0.15) is 0 Å². The monoisotopic (exact) mass is 359 g/mol. The lowest BCUT2D eigenvalue weighted by atomic mass is 9.96. The second kappa shape index (κ2) is 6.52. The summed E-state index contributed by atoms with van der Waals surface area (Å²) in [4.78, 5) is 26.5. The summed E-state index contributed by atoms with van der Waals surface area (Å²) in [6, 6.07) is 6.93. The summed E-state index contributed by atoms with van der Waals surface area (Å²) in [6.07, 6.45) is 4.00. The maximum absolute atomic E-state index is 12.6. The van der Waals surface area contributed by atoms with Crippen molar-refractivity contribution in [3.63, 3.8) is 0 Å². The van der Waals surface area contributed by atoms with Crippen molar-refractivity contribution < 1.29 is 14.1 Å². The van der Waals surface area contributed by atoms with Crippen molar-refractivity contribution in [2.45, 2.75) is 38.1 Å². The maximum Gasteiger partial charge on any atom is 0.274 e. The Bertz CT molecular complexity index is 833.